The highest BCUT2D eigenvalue weighted by atomic mass is 15.2. The Balaban J connectivity index is 1.95. The third-order valence-corrected chi connectivity index (χ3v) is 3.93. The number of hydrogen-bond acceptors (Lipinski definition) is 2. The Bertz CT molecular complexity index is 616. The molecule has 1 aliphatic rings. The SMILES string of the molecule is Cc1ccccc1CN1CC(C)(C)Nc2ccccc21. The molecule has 20 heavy (non-hydrogen) atoms. The van der Waals surface area contributed by atoms with Gasteiger partial charge in [0.05, 0.1) is 11.4 Å². The molecule has 104 valence electrons. The van der Waals surface area contributed by atoms with Crippen molar-refractivity contribution < 1.29 is 0 Å². The molecular formula is C18H22N2. The van der Waals surface area contributed by atoms with Crippen molar-refractivity contribution in [3.8, 4) is 0 Å². The number of rotatable bonds is 2. The summed E-state index contributed by atoms with van der Waals surface area (Å²) in [6, 6.07) is 17.2. The predicted molar refractivity (Wildman–Crippen MR) is 86.4 cm³/mol. The minimum atomic E-state index is 0.0943. The zero-order valence-electron chi connectivity index (χ0n) is 12.5. The number of anilines is 2. The third kappa shape index (κ3) is 2.51. The second-order valence-corrected chi connectivity index (χ2v) is 6.31. The van der Waals surface area contributed by atoms with Gasteiger partial charge in [-0.15, -0.1) is 0 Å². The molecule has 1 aliphatic heterocycles. The van der Waals surface area contributed by atoms with E-state index in [-0.39, 0.29) is 5.54 Å². The molecule has 2 aromatic carbocycles. The van der Waals surface area contributed by atoms with Crippen LogP contribution in [0.5, 0.6) is 0 Å². The Hall–Kier alpha value is -1.96. The Labute approximate surface area is 121 Å². The first kappa shape index (κ1) is 13.0. The van der Waals surface area contributed by atoms with E-state index in [1.54, 1.807) is 0 Å². The van der Waals surface area contributed by atoms with Crippen molar-refractivity contribution in [2.24, 2.45) is 0 Å². The van der Waals surface area contributed by atoms with Crippen molar-refractivity contribution in [2.75, 3.05) is 16.8 Å². The van der Waals surface area contributed by atoms with Gasteiger partial charge in [-0.05, 0) is 44.0 Å². The van der Waals surface area contributed by atoms with E-state index < -0.39 is 0 Å². The molecule has 0 amide bonds. The first-order valence-corrected chi connectivity index (χ1v) is 7.22. The lowest BCUT2D eigenvalue weighted by Crippen LogP contribution is -2.48. The molecule has 0 aliphatic carbocycles. The molecule has 1 heterocycles. The van der Waals surface area contributed by atoms with Crippen LogP contribution in [0.1, 0.15) is 25.0 Å². The molecule has 0 unspecified atom stereocenters. The van der Waals surface area contributed by atoms with Crippen LogP contribution in [-0.4, -0.2) is 12.1 Å². The van der Waals surface area contributed by atoms with Gasteiger partial charge in [-0.3, -0.25) is 0 Å². The van der Waals surface area contributed by atoms with Gasteiger partial charge in [0.25, 0.3) is 0 Å². The quantitative estimate of drug-likeness (QED) is 0.876. The maximum absolute atomic E-state index is 3.62. The maximum Gasteiger partial charge on any atom is 0.0606 e. The summed E-state index contributed by atoms with van der Waals surface area (Å²) < 4.78 is 0. The summed E-state index contributed by atoms with van der Waals surface area (Å²) >= 11 is 0. The van der Waals surface area contributed by atoms with Crippen LogP contribution in [0.3, 0.4) is 0 Å². The normalized spacial score (nSPS) is 16.4. The molecule has 0 aromatic heterocycles. The molecule has 0 spiro atoms. The van der Waals surface area contributed by atoms with Crippen molar-refractivity contribution in [1.29, 1.82) is 0 Å². The predicted octanol–water partition coefficient (Wildman–Crippen LogP) is 4.21. The molecule has 0 atom stereocenters. The molecule has 0 radical (unpaired) electrons. The van der Waals surface area contributed by atoms with E-state index in [0.29, 0.717) is 0 Å². The second kappa shape index (κ2) is 4.86. The topological polar surface area (TPSA) is 15.3 Å². The number of nitrogens with one attached hydrogen (secondary N) is 1. The van der Waals surface area contributed by atoms with Gasteiger partial charge in [-0.25, -0.2) is 0 Å². The van der Waals surface area contributed by atoms with Crippen molar-refractivity contribution in [3.05, 3.63) is 59.7 Å². The average molecular weight is 266 g/mol. The van der Waals surface area contributed by atoms with E-state index in [4.69, 9.17) is 0 Å². The monoisotopic (exact) mass is 266 g/mol. The summed E-state index contributed by atoms with van der Waals surface area (Å²) in [4.78, 5) is 2.48. The molecular weight excluding hydrogens is 244 g/mol. The Kier molecular flexibility index (Phi) is 3.17. The first-order valence-electron chi connectivity index (χ1n) is 7.22. The van der Waals surface area contributed by atoms with Crippen molar-refractivity contribution in [3.63, 3.8) is 0 Å². The Morgan fingerprint density at radius 1 is 1.05 bits per heavy atom. The highest BCUT2D eigenvalue weighted by Crippen LogP contribution is 2.35. The zero-order chi connectivity index (χ0) is 14.2. The summed E-state index contributed by atoms with van der Waals surface area (Å²) in [5.74, 6) is 0. The summed E-state index contributed by atoms with van der Waals surface area (Å²) in [5, 5.41) is 3.62. The van der Waals surface area contributed by atoms with E-state index in [0.717, 1.165) is 13.1 Å². The van der Waals surface area contributed by atoms with Crippen LogP contribution in [0.4, 0.5) is 11.4 Å². The van der Waals surface area contributed by atoms with Crippen LogP contribution >= 0.6 is 0 Å². The van der Waals surface area contributed by atoms with E-state index in [1.807, 2.05) is 0 Å². The van der Waals surface area contributed by atoms with Gasteiger partial charge in [0.15, 0.2) is 0 Å². The summed E-state index contributed by atoms with van der Waals surface area (Å²) in [7, 11) is 0. The minimum absolute atomic E-state index is 0.0943. The number of para-hydroxylation sites is 2. The van der Waals surface area contributed by atoms with Gasteiger partial charge in [-0.1, -0.05) is 36.4 Å². The number of hydrogen-bond donors (Lipinski definition) is 1. The number of aryl methyl sites for hydroxylation is 1. The zero-order valence-corrected chi connectivity index (χ0v) is 12.5. The second-order valence-electron chi connectivity index (χ2n) is 6.31. The number of nitrogens with zero attached hydrogens (tertiary/aromatic N) is 1. The third-order valence-electron chi connectivity index (χ3n) is 3.93. The molecule has 1 N–H and O–H groups in total. The van der Waals surface area contributed by atoms with Crippen LogP contribution in [-0.2, 0) is 6.54 Å². The Morgan fingerprint density at radius 3 is 2.55 bits per heavy atom. The van der Waals surface area contributed by atoms with Crippen LogP contribution < -0.4 is 10.2 Å². The van der Waals surface area contributed by atoms with Crippen molar-refractivity contribution in [2.45, 2.75) is 32.9 Å². The van der Waals surface area contributed by atoms with Crippen molar-refractivity contribution in [1.82, 2.24) is 0 Å². The highest BCUT2D eigenvalue weighted by Gasteiger charge is 2.29. The standard InChI is InChI=1S/C18H22N2/c1-14-8-4-5-9-15(14)12-20-13-18(2,3)19-16-10-6-7-11-17(16)20/h4-11,19H,12-13H2,1-3H3. The number of fused-ring (bicyclic) bond motifs is 1. The fraction of sp³-hybridized carbons (Fsp3) is 0.333. The average Bonchev–Trinajstić information content (AvgIpc) is 2.40. The van der Waals surface area contributed by atoms with Gasteiger partial charge in [0.2, 0.25) is 0 Å². The minimum Gasteiger partial charge on any atom is -0.377 e. The molecule has 0 saturated carbocycles. The molecule has 0 saturated heterocycles. The lowest BCUT2D eigenvalue weighted by atomic mass is 9.98. The first-order chi connectivity index (χ1) is 9.55. The van der Waals surface area contributed by atoms with Gasteiger partial charge in [-0.2, -0.15) is 0 Å². The summed E-state index contributed by atoms with van der Waals surface area (Å²) in [5.41, 5.74) is 5.39. The molecule has 2 heteroatoms. The fourth-order valence-corrected chi connectivity index (χ4v) is 2.96. The fourth-order valence-electron chi connectivity index (χ4n) is 2.96. The van der Waals surface area contributed by atoms with Gasteiger partial charge >= 0.3 is 0 Å². The lowest BCUT2D eigenvalue weighted by molar-refractivity contribution is 0.530. The summed E-state index contributed by atoms with van der Waals surface area (Å²) in [6.45, 7) is 8.68. The molecule has 3 rings (SSSR count). The van der Waals surface area contributed by atoms with Gasteiger partial charge in [0, 0.05) is 18.6 Å². The summed E-state index contributed by atoms with van der Waals surface area (Å²) in [6.07, 6.45) is 0. The van der Waals surface area contributed by atoms with Gasteiger partial charge in [0.1, 0.15) is 0 Å². The number of benzene rings is 2. The van der Waals surface area contributed by atoms with E-state index in [1.165, 1.54) is 22.5 Å². The van der Waals surface area contributed by atoms with Crippen LogP contribution in [0.15, 0.2) is 48.5 Å². The smallest absolute Gasteiger partial charge is 0.0606 e. The molecule has 0 bridgehead atoms. The maximum atomic E-state index is 3.62. The van der Waals surface area contributed by atoms with Gasteiger partial charge < -0.3 is 10.2 Å². The van der Waals surface area contributed by atoms with Crippen molar-refractivity contribution >= 4 is 11.4 Å². The molecule has 2 aromatic rings. The van der Waals surface area contributed by atoms with E-state index >= 15 is 0 Å². The van der Waals surface area contributed by atoms with Crippen LogP contribution in [0.25, 0.3) is 0 Å². The molecule has 2 nitrogen and oxygen atoms in total. The highest BCUT2D eigenvalue weighted by molar-refractivity contribution is 5.73. The van der Waals surface area contributed by atoms with Crippen LogP contribution in [0.2, 0.25) is 0 Å². The Morgan fingerprint density at radius 2 is 1.75 bits per heavy atom. The van der Waals surface area contributed by atoms with E-state index in [2.05, 4.69) is 79.5 Å². The van der Waals surface area contributed by atoms with E-state index in [9.17, 15) is 0 Å². The van der Waals surface area contributed by atoms with Crippen LogP contribution in [0, 0.1) is 6.92 Å². The largest absolute Gasteiger partial charge is 0.377 e. The molecule has 0 fully saturated rings. The lowest BCUT2D eigenvalue weighted by Gasteiger charge is -2.42.